The molecule has 0 radical (unpaired) electrons. The zero-order valence-electron chi connectivity index (χ0n) is 13.3. The van der Waals surface area contributed by atoms with E-state index in [0.29, 0.717) is 5.41 Å². The minimum absolute atomic E-state index is 0. The molecule has 2 aliphatic rings. The highest BCUT2D eigenvalue weighted by Gasteiger charge is 2.33. The zero-order valence-corrected chi connectivity index (χ0v) is 15.7. The Balaban J connectivity index is 0.00000200. The van der Waals surface area contributed by atoms with Gasteiger partial charge in [0.1, 0.15) is 0 Å². The number of halogens is 1. The molecule has 118 valence electrons. The number of nitrogens with zero attached hydrogens (tertiary/aromatic N) is 3. The lowest BCUT2D eigenvalue weighted by Crippen LogP contribution is -2.42. The first-order valence-corrected chi connectivity index (χ1v) is 7.92. The Kier molecular flexibility index (Phi) is 7.58. The molecule has 2 saturated heterocycles. The van der Waals surface area contributed by atoms with Crippen LogP contribution in [0.25, 0.3) is 0 Å². The molecular formula is C15H31IN4. The molecule has 0 saturated carbocycles. The Morgan fingerprint density at radius 1 is 1.25 bits per heavy atom. The van der Waals surface area contributed by atoms with E-state index in [1.165, 1.54) is 32.4 Å². The third-order valence-corrected chi connectivity index (χ3v) is 4.67. The molecule has 0 aliphatic carbocycles. The Morgan fingerprint density at radius 3 is 2.50 bits per heavy atom. The lowest BCUT2D eigenvalue weighted by atomic mass is 9.87. The summed E-state index contributed by atoms with van der Waals surface area (Å²) in [5.41, 5.74) is 0.480. The third-order valence-electron chi connectivity index (χ3n) is 4.67. The lowest BCUT2D eigenvalue weighted by Gasteiger charge is -2.30. The molecule has 2 fully saturated rings. The monoisotopic (exact) mass is 394 g/mol. The molecule has 1 atom stereocenters. The number of guanidine groups is 1. The Bertz CT molecular complexity index is 317. The second-order valence-corrected chi connectivity index (χ2v) is 6.27. The van der Waals surface area contributed by atoms with Gasteiger partial charge in [-0.1, -0.05) is 13.8 Å². The van der Waals surface area contributed by atoms with Gasteiger partial charge in [0.25, 0.3) is 0 Å². The van der Waals surface area contributed by atoms with Crippen molar-refractivity contribution in [3.8, 4) is 0 Å². The van der Waals surface area contributed by atoms with E-state index in [0.717, 1.165) is 38.7 Å². The second-order valence-electron chi connectivity index (χ2n) is 6.27. The van der Waals surface area contributed by atoms with Crippen LogP contribution in [0.5, 0.6) is 0 Å². The van der Waals surface area contributed by atoms with Crippen molar-refractivity contribution in [1.82, 2.24) is 15.1 Å². The van der Waals surface area contributed by atoms with Crippen molar-refractivity contribution in [2.45, 2.75) is 40.0 Å². The summed E-state index contributed by atoms with van der Waals surface area (Å²) in [4.78, 5) is 9.73. The van der Waals surface area contributed by atoms with E-state index in [9.17, 15) is 0 Å². The van der Waals surface area contributed by atoms with Crippen LogP contribution in [-0.2, 0) is 0 Å². The van der Waals surface area contributed by atoms with Gasteiger partial charge in [-0.05, 0) is 44.7 Å². The molecule has 0 spiro atoms. The number of hydrogen-bond donors (Lipinski definition) is 1. The van der Waals surface area contributed by atoms with Gasteiger partial charge in [-0.25, -0.2) is 0 Å². The molecule has 0 bridgehead atoms. The predicted octanol–water partition coefficient (Wildman–Crippen LogP) is 2.40. The van der Waals surface area contributed by atoms with Gasteiger partial charge in [-0.15, -0.1) is 24.0 Å². The van der Waals surface area contributed by atoms with Crippen LogP contribution in [-0.4, -0.2) is 61.6 Å². The minimum Gasteiger partial charge on any atom is -0.357 e. The standard InChI is InChI=1S/C15H30N4.HI/c1-4-15(3)7-11-19(13-15)14(16-5-2)17-8-12-18-9-6-10-18;/h4-13H2,1-3H3,(H,16,17);1H. The number of rotatable bonds is 5. The van der Waals surface area contributed by atoms with Crippen LogP contribution in [0.4, 0.5) is 0 Å². The van der Waals surface area contributed by atoms with Crippen LogP contribution in [0.2, 0.25) is 0 Å². The maximum Gasteiger partial charge on any atom is 0.193 e. The number of hydrogen-bond acceptors (Lipinski definition) is 2. The van der Waals surface area contributed by atoms with Crippen molar-refractivity contribution < 1.29 is 0 Å². The maximum absolute atomic E-state index is 4.81. The number of aliphatic imine (C=N–C) groups is 1. The highest BCUT2D eigenvalue weighted by Crippen LogP contribution is 2.32. The van der Waals surface area contributed by atoms with Crippen molar-refractivity contribution in [1.29, 1.82) is 0 Å². The van der Waals surface area contributed by atoms with Gasteiger partial charge >= 0.3 is 0 Å². The fraction of sp³-hybridized carbons (Fsp3) is 0.933. The van der Waals surface area contributed by atoms with Gasteiger partial charge in [-0.3, -0.25) is 4.99 Å². The summed E-state index contributed by atoms with van der Waals surface area (Å²) in [7, 11) is 0. The molecule has 2 heterocycles. The van der Waals surface area contributed by atoms with E-state index < -0.39 is 0 Å². The summed E-state index contributed by atoms with van der Waals surface area (Å²) >= 11 is 0. The zero-order chi connectivity index (χ0) is 13.7. The van der Waals surface area contributed by atoms with E-state index >= 15 is 0 Å². The van der Waals surface area contributed by atoms with E-state index in [-0.39, 0.29) is 24.0 Å². The molecule has 5 heteroatoms. The van der Waals surface area contributed by atoms with Crippen molar-refractivity contribution in [3.05, 3.63) is 0 Å². The molecule has 2 aliphatic heterocycles. The topological polar surface area (TPSA) is 30.9 Å². The van der Waals surface area contributed by atoms with Crippen LogP contribution in [0.1, 0.15) is 40.0 Å². The van der Waals surface area contributed by atoms with Crippen LogP contribution in [0.3, 0.4) is 0 Å². The molecule has 20 heavy (non-hydrogen) atoms. The summed E-state index contributed by atoms with van der Waals surface area (Å²) in [6.45, 7) is 14.7. The summed E-state index contributed by atoms with van der Waals surface area (Å²) in [5, 5.41) is 3.45. The number of likely N-dealkylation sites (tertiary alicyclic amines) is 2. The van der Waals surface area contributed by atoms with Crippen LogP contribution >= 0.6 is 24.0 Å². The molecule has 1 unspecified atom stereocenters. The molecule has 0 aromatic rings. The van der Waals surface area contributed by atoms with Gasteiger partial charge in [0.05, 0.1) is 6.54 Å². The van der Waals surface area contributed by atoms with E-state index in [2.05, 4.69) is 35.9 Å². The third kappa shape index (κ3) is 4.76. The molecule has 0 aromatic carbocycles. The summed E-state index contributed by atoms with van der Waals surface area (Å²) in [6.07, 6.45) is 3.92. The van der Waals surface area contributed by atoms with Gasteiger partial charge in [0.2, 0.25) is 0 Å². The molecular weight excluding hydrogens is 363 g/mol. The second kappa shape index (κ2) is 8.41. The fourth-order valence-corrected chi connectivity index (χ4v) is 2.82. The van der Waals surface area contributed by atoms with Gasteiger partial charge in [0.15, 0.2) is 5.96 Å². The molecule has 0 aromatic heterocycles. The first-order valence-electron chi connectivity index (χ1n) is 7.92. The van der Waals surface area contributed by atoms with E-state index in [1.54, 1.807) is 0 Å². The van der Waals surface area contributed by atoms with E-state index in [4.69, 9.17) is 4.99 Å². The highest BCUT2D eigenvalue weighted by molar-refractivity contribution is 14.0. The van der Waals surface area contributed by atoms with Crippen molar-refractivity contribution >= 4 is 29.9 Å². The molecule has 1 N–H and O–H groups in total. The van der Waals surface area contributed by atoms with Crippen LogP contribution < -0.4 is 5.32 Å². The smallest absolute Gasteiger partial charge is 0.193 e. The van der Waals surface area contributed by atoms with Crippen molar-refractivity contribution in [3.63, 3.8) is 0 Å². The highest BCUT2D eigenvalue weighted by atomic mass is 127. The van der Waals surface area contributed by atoms with Gasteiger partial charge in [-0.2, -0.15) is 0 Å². The Labute approximate surface area is 141 Å². The largest absolute Gasteiger partial charge is 0.357 e. The Morgan fingerprint density at radius 2 is 2.00 bits per heavy atom. The van der Waals surface area contributed by atoms with Crippen molar-refractivity contribution in [2.24, 2.45) is 10.4 Å². The summed E-state index contributed by atoms with van der Waals surface area (Å²) in [5.74, 6) is 1.13. The van der Waals surface area contributed by atoms with Crippen molar-refractivity contribution in [2.75, 3.05) is 45.8 Å². The van der Waals surface area contributed by atoms with E-state index in [1.807, 2.05) is 0 Å². The van der Waals surface area contributed by atoms with Gasteiger partial charge < -0.3 is 15.1 Å². The van der Waals surface area contributed by atoms with Crippen LogP contribution in [0.15, 0.2) is 4.99 Å². The fourth-order valence-electron chi connectivity index (χ4n) is 2.82. The van der Waals surface area contributed by atoms with Gasteiger partial charge in [0, 0.05) is 26.2 Å². The predicted molar refractivity (Wildman–Crippen MR) is 97.0 cm³/mol. The maximum atomic E-state index is 4.81. The summed E-state index contributed by atoms with van der Waals surface area (Å²) in [6, 6.07) is 0. The first-order chi connectivity index (χ1) is 9.17. The normalized spacial score (nSPS) is 27.1. The minimum atomic E-state index is 0. The number of nitrogens with one attached hydrogen (secondary N) is 1. The molecule has 0 amide bonds. The Hall–Kier alpha value is -0.0400. The SMILES string of the molecule is CCNC(=NCCN1CCC1)N1CCC(C)(CC)C1.I. The average Bonchev–Trinajstić information content (AvgIpc) is 2.74. The quantitative estimate of drug-likeness (QED) is 0.442. The molecule has 2 rings (SSSR count). The molecule has 4 nitrogen and oxygen atoms in total. The first kappa shape index (κ1) is 18.0. The summed E-state index contributed by atoms with van der Waals surface area (Å²) < 4.78 is 0. The lowest BCUT2D eigenvalue weighted by molar-refractivity contribution is 0.187. The average molecular weight is 394 g/mol. The van der Waals surface area contributed by atoms with Crippen LogP contribution in [0, 0.1) is 5.41 Å².